The lowest BCUT2D eigenvalue weighted by molar-refractivity contribution is 0.255. The predicted molar refractivity (Wildman–Crippen MR) is 121 cm³/mol. The molecule has 1 fully saturated rings. The quantitative estimate of drug-likeness (QED) is 0.396. The second-order valence-electron chi connectivity index (χ2n) is 7.36. The molecule has 7 heteroatoms. The zero-order valence-corrected chi connectivity index (χ0v) is 17.9. The highest BCUT2D eigenvalue weighted by Gasteiger charge is 2.16. The fourth-order valence-electron chi connectivity index (χ4n) is 3.59. The Balaban J connectivity index is 1.31. The highest BCUT2D eigenvalue weighted by molar-refractivity contribution is 5.79. The molecule has 1 saturated heterocycles. The number of hydrogen-bond acceptors (Lipinski definition) is 4. The second kappa shape index (κ2) is 11.4. The lowest BCUT2D eigenvalue weighted by atomic mass is 10.2. The summed E-state index contributed by atoms with van der Waals surface area (Å²) in [5, 5.41) is 6.56. The molecule has 0 saturated carbocycles. The number of nitrogens with zero attached hydrogens (tertiary/aromatic N) is 3. The van der Waals surface area contributed by atoms with Crippen molar-refractivity contribution in [1.29, 1.82) is 0 Å². The summed E-state index contributed by atoms with van der Waals surface area (Å²) in [5.74, 6) is 1.42. The van der Waals surface area contributed by atoms with Crippen molar-refractivity contribution < 1.29 is 9.13 Å². The molecule has 0 amide bonds. The summed E-state index contributed by atoms with van der Waals surface area (Å²) in [5.41, 5.74) is 2.15. The zero-order chi connectivity index (χ0) is 21.2. The fourth-order valence-corrected chi connectivity index (χ4v) is 3.59. The monoisotopic (exact) mass is 413 g/mol. The van der Waals surface area contributed by atoms with E-state index >= 15 is 0 Å². The van der Waals surface area contributed by atoms with Crippen molar-refractivity contribution in [2.45, 2.75) is 13.0 Å². The second-order valence-corrected chi connectivity index (χ2v) is 7.36. The van der Waals surface area contributed by atoms with Crippen LogP contribution in [0.3, 0.4) is 0 Å². The van der Waals surface area contributed by atoms with Crippen molar-refractivity contribution in [3.63, 3.8) is 0 Å². The number of aliphatic imine (C=N–C) groups is 1. The number of guanidine groups is 1. The number of anilines is 1. The van der Waals surface area contributed by atoms with Crippen molar-refractivity contribution in [3.05, 3.63) is 59.9 Å². The zero-order valence-electron chi connectivity index (χ0n) is 17.9. The topological polar surface area (TPSA) is 52.1 Å². The Bertz CT molecular complexity index is 803. The minimum Gasteiger partial charge on any atom is -0.497 e. The molecule has 30 heavy (non-hydrogen) atoms. The van der Waals surface area contributed by atoms with Gasteiger partial charge in [0.15, 0.2) is 5.96 Å². The van der Waals surface area contributed by atoms with Gasteiger partial charge in [-0.15, -0.1) is 0 Å². The van der Waals surface area contributed by atoms with E-state index in [2.05, 4.69) is 37.6 Å². The number of ether oxygens (including phenoxy) is 1. The van der Waals surface area contributed by atoms with Gasteiger partial charge in [0.1, 0.15) is 11.6 Å². The predicted octanol–water partition coefficient (Wildman–Crippen LogP) is 2.71. The van der Waals surface area contributed by atoms with Crippen LogP contribution < -0.4 is 20.3 Å². The summed E-state index contributed by atoms with van der Waals surface area (Å²) >= 11 is 0. The van der Waals surface area contributed by atoms with Crippen LogP contribution in [0.1, 0.15) is 12.0 Å². The van der Waals surface area contributed by atoms with E-state index in [-0.39, 0.29) is 5.82 Å². The molecule has 0 radical (unpaired) electrons. The Labute approximate surface area is 178 Å². The van der Waals surface area contributed by atoms with Crippen LogP contribution >= 0.6 is 0 Å². The van der Waals surface area contributed by atoms with Gasteiger partial charge in [-0.3, -0.25) is 9.89 Å². The maximum absolute atomic E-state index is 13.3. The molecule has 1 aliphatic heterocycles. The van der Waals surface area contributed by atoms with Gasteiger partial charge in [-0.1, -0.05) is 12.1 Å². The molecule has 2 aromatic rings. The molecule has 6 nitrogen and oxygen atoms in total. The molecule has 1 aliphatic rings. The third-order valence-electron chi connectivity index (χ3n) is 5.33. The number of halogens is 1. The summed E-state index contributed by atoms with van der Waals surface area (Å²) in [6.45, 7) is 6.67. The molecule has 0 spiro atoms. The maximum atomic E-state index is 13.3. The van der Waals surface area contributed by atoms with Gasteiger partial charge in [-0.05, 0) is 54.9 Å². The average molecular weight is 414 g/mol. The van der Waals surface area contributed by atoms with Crippen LogP contribution in [0.15, 0.2) is 53.5 Å². The first-order valence-corrected chi connectivity index (χ1v) is 10.5. The summed E-state index contributed by atoms with van der Waals surface area (Å²) in [6, 6.07) is 14.9. The van der Waals surface area contributed by atoms with Crippen LogP contribution in [0.2, 0.25) is 0 Å². The van der Waals surface area contributed by atoms with Crippen molar-refractivity contribution in [3.8, 4) is 5.75 Å². The standard InChI is InChI=1S/C23H32FN5O/c1-25-23(27-18-19-5-3-6-20(24)17-19)26-11-4-12-28-13-15-29(16-14-28)21-7-9-22(30-2)10-8-21/h3,5-10,17H,4,11-16,18H2,1-2H3,(H2,25,26,27). The van der Waals surface area contributed by atoms with Gasteiger partial charge >= 0.3 is 0 Å². The third-order valence-corrected chi connectivity index (χ3v) is 5.33. The van der Waals surface area contributed by atoms with E-state index in [0.29, 0.717) is 6.54 Å². The molecule has 0 unspecified atom stereocenters. The van der Waals surface area contributed by atoms with E-state index in [4.69, 9.17) is 4.74 Å². The van der Waals surface area contributed by atoms with Crippen LogP contribution in [0.5, 0.6) is 5.75 Å². The first kappa shape index (κ1) is 21.9. The largest absolute Gasteiger partial charge is 0.497 e. The normalized spacial score (nSPS) is 15.2. The van der Waals surface area contributed by atoms with Crippen molar-refractivity contribution in [1.82, 2.24) is 15.5 Å². The van der Waals surface area contributed by atoms with Gasteiger partial charge in [0.05, 0.1) is 7.11 Å². The highest BCUT2D eigenvalue weighted by Crippen LogP contribution is 2.20. The molecule has 3 rings (SSSR count). The van der Waals surface area contributed by atoms with E-state index in [1.807, 2.05) is 18.2 Å². The van der Waals surface area contributed by atoms with E-state index in [9.17, 15) is 4.39 Å². The van der Waals surface area contributed by atoms with E-state index in [1.54, 1.807) is 20.2 Å². The van der Waals surface area contributed by atoms with Gasteiger partial charge in [0.25, 0.3) is 0 Å². The Hall–Kier alpha value is -2.80. The first-order chi connectivity index (χ1) is 14.7. The number of nitrogens with one attached hydrogen (secondary N) is 2. The molecule has 1 heterocycles. The minimum absolute atomic E-state index is 0.218. The number of benzene rings is 2. The summed E-state index contributed by atoms with van der Waals surface area (Å²) in [4.78, 5) is 9.16. The molecule has 0 aliphatic carbocycles. The number of piperazine rings is 1. The lowest BCUT2D eigenvalue weighted by Crippen LogP contribution is -2.47. The van der Waals surface area contributed by atoms with Gasteiger partial charge in [0, 0.05) is 52.0 Å². The van der Waals surface area contributed by atoms with Crippen LogP contribution in [0, 0.1) is 5.82 Å². The Kier molecular flexibility index (Phi) is 8.32. The Morgan fingerprint density at radius 3 is 2.50 bits per heavy atom. The van der Waals surface area contributed by atoms with Gasteiger partial charge in [0.2, 0.25) is 0 Å². The molecule has 0 bridgehead atoms. The van der Waals surface area contributed by atoms with E-state index in [0.717, 1.165) is 63.0 Å². The molecule has 2 aromatic carbocycles. The molecule has 0 aromatic heterocycles. The van der Waals surface area contributed by atoms with Crippen molar-refractivity contribution >= 4 is 11.6 Å². The van der Waals surface area contributed by atoms with Gasteiger partial charge in [-0.2, -0.15) is 0 Å². The first-order valence-electron chi connectivity index (χ1n) is 10.5. The SMILES string of the molecule is CN=C(NCCCN1CCN(c2ccc(OC)cc2)CC1)NCc1cccc(F)c1. The van der Waals surface area contributed by atoms with Gasteiger partial charge < -0.3 is 20.3 Å². The van der Waals surface area contributed by atoms with E-state index in [1.165, 1.54) is 17.8 Å². The average Bonchev–Trinajstić information content (AvgIpc) is 2.79. The molecule has 2 N–H and O–H groups in total. The smallest absolute Gasteiger partial charge is 0.191 e. The van der Waals surface area contributed by atoms with Gasteiger partial charge in [-0.25, -0.2) is 4.39 Å². The number of hydrogen-bond donors (Lipinski definition) is 2. The number of methoxy groups -OCH3 is 1. The van der Waals surface area contributed by atoms with E-state index < -0.39 is 0 Å². The van der Waals surface area contributed by atoms with Crippen LogP contribution in [-0.4, -0.2) is 64.3 Å². The lowest BCUT2D eigenvalue weighted by Gasteiger charge is -2.36. The summed E-state index contributed by atoms with van der Waals surface area (Å²) in [6.07, 6.45) is 1.04. The van der Waals surface area contributed by atoms with Crippen molar-refractivity contribution in [2.75, 3.05) is 58.3 Å². The highest BCUT2D eigenvalue weighted by atomic mass is 19.1. The van der Waals surface area contributed by atoms with Crippen molar-refractivity contribution in [2.24, 2.45) is 4.99 Å². The van der Waals surface area contributed by atoms with Crippen LogP contribution in [-0.2, 0) is 6.54 Å². The Morgan fingerprint density at radius 1 is 1.07 bits per heavy atom. The molecular formula is C23H32FN5O. The summed E-state index contributed by atoms with van der Waals surface area (Å²) in [7, 11) is 3.44. The fraction of sp³-hybridized carbons (Fsp3) is 0.435. The molecule has 0 atom stereocenters. The molecule has 162 valence electrons. The van der Waals surface area contributed by atoms with Crippen LogP contribution in [0.25, 0.3) is 0 Å². The number of rotatable bonds is 8. The third kappa shape index (κ3) is 6.62. The maximum Gasteiger partial charge on any atom is 0.191 e. The minimum atomic E-state index is -0.218. The molecular weight excluding hydrogens is 381 g/mol. The summed E-state index contributed by atoms with van der Waals surface area (Å²) < 4.78 is 18.5. The Morgan fingerprint density at radius 2 is 1.83 bits per heavy atom. The van der Waals surface area contributed by atoms with Crippen LogP contribution in [0.4, 0.5) is 10.1 Å².